The Hall–Kier alpha value is -1.14. The Morgan fingerprint density at radius 1 is 1.42 bits per heavy atom. The van der Waals surface area contributed by atoms with Gasteiger partial charge in [0.2, 0.25) is 11.8 Å². The van der Waals surface area contributed by atoms with Gasteiger partial charge in [0.1, 0.15) is 0 Å². The van der Waals surface area contributed by atoms with Crippen LogP contribution < -0.4 is 5.32 Å². The number of aliphatic hydroxyl groups is 1. The maximum Gasteiger partial charge on any atom is 0.233 e. The number of nitrogens with one attached hydrogen (secondary N) is 1. The standard InChI is InChI=1S/C13H25N3O3/c1-14-11(17)9-16-8-4-6-13(19,10-16)7-5-12(18)15(2)3/h19H,4-10H2,1-3H3,(H,14,17)/t13-/m1/s1. The number of β-amino-alcohol motifs (C(OH)–C–C–N with tert-alkyl or cyclic N) is 1. The molecule has 19 heavy (non-hydrogen) atoms. The Kier molecular flexibility index (Phi) is 5.75. The molecule has 1 saturated heterocycles. The van der Waals surface area contributed by atoms with Gasteiger partial charge < -0.3 is 15.3 Å². The maximum absolute atomic E-state index is 11.6. The number of hydrogen-bond acceptors (Lipinski definition) is 4. The summed E-state index contributed by atoms with van der Waals surface area (Å²) in [6.07, 6.45) is 2.34. The third-order valence-corrected chi connectivity index (χ3v) is 3.58. The van der Waals surface area contributed by atoms with Crippen molar-refractivity contribution in [1.29, 1.82) is 0 Å². The zero-order chi connectivity index (χ0) is 14.5. The lowest BCUT2D eigenvalue weighted by Gasteiger charge is -2.39. The Bertz CT molecular complexity index is 333. The fourth-order valence-electron chi connectivity index (χ4n) is 2.39. The molecule has 2 N–H and O–H groups in total. The number of piperidine rings is 1. The summed E-state index contributed by atoms with van der Waals surface area (Å²) in [5.41, 5.74) is -0.849. The van der Waals surface area contributed by atoms with Crippen LogP contribution in [0.1, 0.15) is 25.7 Å². The fourth-order valence-corrected chi connectivity index (χ4v) is 2.39. The van der Waals surface area contributed by atoms with Gasteiger partial charge in [0.15, 0.2) is 0 Å². The van der Waals surface area contributed by atoms with E-state index in [9.17, 15) is 14.7 Å². The second-order valence-corrected chi connectivity index (χ2v) is 5.50. The monoisotopic (exact) mass is 271 g/mol. The lowest BCUT2D eigenvalue weighted by molar-refractivity contribution is -0.131. The average molecular weight is 271 g/mol. The van der Waals surface area contributed by atoms with Gasteiger partial charge in [-0.25, -0.2) is 0 Å². The molecule has 1 atom stereocenters. The molecule has 2 amide bonds. The van der Waals surface area contributed by atoms with Gasteiger partial charge in [-0.15, -0.1) is 0 Å². The second kappa shape index (κ2) is 6.86. The fraction of sp³-hybridized carbons (Fsp3) is 0.846. The molecule has 0 aromatic carbocycles. The summed E-state index contributed by atoms with van der Waals surface area (Å²) in [4.78, 5) is 26.4. The van der Waals surface area contributed by atoms with Crippen LogP contribution in [0.25, 0.3) is 0 Å². The summed E-state index contributed by atoms with van der Waals surface area (Å²) in [6, 6.07) is 0. The summed E-state index contributed by atoms with van der Waals surface area (Å²) in [5, 5.41) is 13.1. The second-order valence-electron chi connectivity index (χ2n) is 5.50. The number of hydrogen-bond donors (Lipinski definition) is 2. The van der Waals surface area contributed by atoms with Crippen LogP contribution in [-0.2, 0) is 9.59 Å². The lowest BCUT2D eigenvalue weighted by atomic mass is 9.88. The van der Waals surface area contributed by atoms with Crippen molar-refractivity contribution in [2.24, 2.45) is 0 Å². The van der Waals surface area contributed by atoms with E-state index < -0.39 is 5.60 Å². The van der Waals surface area contributed by atoms with Crippen LogP contribution >= 0.6 is 0 Å². The number of carbonyl (C=O) groups excluding carboxylic acids is 2. The number of amides is 2. The minimum absolute atomic E-state index is 0.0249. The smallest absolute Gasteiger partial charge is 0.233 e. The van der Waals surface area contributed by atoms with Crippen molar-refractivity contribution in [3.8, 4) is 0 Å². The molecule has 0 aliphatic carbocycles. The quantitative estimate of drug-likeness (QED) is 0.702. The number of nitrogens with zero attached hydrogens (tertiary/aromatic N) is 2. The van der Waals surface area contributed by atoms with E-state index in [1.54, 1.807) is 21.1 Å². The highest BCUT2D eigenvalue weighted by Gasteiger charge is 2.34. The molecule has 0 unspecified atom stereocenters. The van der Waals surface area contributed by atoms with E-state index in [0.717, 1.165) is 13.0 Å². The first kappa shape index (κ1) is 15.9. The van der Waals surface area contributed by atoms with Crippen LogP contribution in [0.3, 0.4) is 0 Å². The average Bonchev–Trinajstić information content (AvgIpc) is 2.35. The molecule has 1 aliphatic rings. The number of likely N-dealkylation sites (tertiary alicyclic amines) is 1. The minimum atomic E-state index is -0.849. The zero-order valence-electron chi connectivity index (χ0n) is 12.1. The van der Waals surface area contributed by atoms with Crippen molar-refractivity contribution in [3.05, 3.63) is 0 Å². The highest BCUT2D eigenvalue weighted by molar-refractivity contribution is 5.77. The van der Waals surface area contributed by atoms with Gasteiger partial charge in [0.05, 0.1) is 12.1 Å². The first-order valence-corrected chi connectivity index (χ1v) is 6.72. The Balaban J connectivity index is 2.47. The molecule has 1 heterocycles. The highest BCUT2D eigenvalue weighted by atomic mass is 16.3. The predicted molar refractivity (Wildman–Crippen MR) is 72.6 cm³/mol. The van der Waals surface area contributed by atoms with Crippen molar-refractivity contribution in [3.63, 3.8) is 0 Å². The third kappa shape index (κ3) is 5.16. The number of rotatable bonds is 5. The minimum Gasteiger partial charge on any atom is -0.389 e. The van der Waals surface area contributed by atoms with E-state index in [-0.39, 0.29) is 11.8 Å². The summed E-state index contributed by atoms with van der Waals surface area (Å²) < 4.78 is 0. The molecule has 0 saturated carbocycles. The molecule has 0 aromatic rings. The molecule has 1 aliphatic heterocycles. The van der Waals surface area contributed by atoms with E-state index >= 15 is 0 Å². The van der Waals surface area contributed by atoms with Gasteiger partial charge in [0.25, 0.3) is 0 Å². The van der Waals surface area contributed by atoms with Crippen molar-refractivity contribution in [2.75, 3.05) is 40.8 Å². The van der Waals surface area contributed by atoms with Crippen molar-refractivity contribution >= 4 is 11.8 Å². The van der Waals surface area contributed by atoms with E-state index in [4.69, 9.17) is 0 Å². The van der Waals surface area contributed by atoms with E-state index in [0.29, 0.717) is 32.4 Å². The van der Waals surface area contributed by atoms with Gasteiger partial charge in [-0.1, -0.05) is 0 Å². The molecule has 1 rings (SSSR count). The molecule has 6 heteroatoms. The van der Waals surface area contributed by atoms with Gasteiger partial charge in [-0.05, 0) is 25.8 Å². The highest BCUT2D eigenvalue weighted by Crippen LogP contribution is 2.25. The molecular weight excluding hydrogens is 246 g/mol. The summed E-state index contributed by atoms with van der Waals surface area (Å²) in [6.45, 7) is 1.58. The summed E-state index contributed by atoms with van der Waals surface area (Å²) in [7, 11) is 5.03. The number of carbonyl (C=O) groups is 2. The topological polar surface area (TPSA) is 72.9 Å². The van der Waals surface area contributed by atoms with Gasteiger partial charge in [-0.2, -0.15) is 0 Å². The molecule has 0 radical (unpaired) electrons. The Labute approximate surface area is 114 Å². The first-order valence-electron chi connectivity index (χ1n) is 6.72. The van der Waals surface area contributed by atoms with Gasteiger partial charge >= 0.3 is 0 Å². The lowest BCUT2D eigenvalue weighted by Crippen LogP contribution is -2.51. The molecular formula is C13H25N3O3. The van der Waals surface area contributed by atoms with Crippen molar-refractivity contribution in [2.45, 2.75) is 31.3 Å². The van der Waals surface area contributed by atoms with Crippen LogP contribution in [-0.4, -0.2) is 73.1 Å². The van der Waals surface area contributed by atoms with Gasteiger partial charge in [-0.3, -0.25) is 14.5 Å². The van der Waals surface area contributed by atoms with Crippen molar-refractivity contribution in [1.82, 2.24) is 15.1 Å². The van der Waals surface area contributed by atoms with Crippen LogP contribution in [0.4, 0.5) is 0 Å². The largest absolute Gasteiger partial charge is 0.389 e. The van der Waals surface area contributed by atoms with Crippen LogP contribution in [0.2, 0.25) is 0 Å². The summed E-state index contributed by atoms with van der Waals surface area (Å²) in [5.74, 6) is -0.0227. The normalized spacial score (nSPS) is 24.0. The molecule has 0 spiro atoms. The SMILES string of the molecule is CNC(=O)CN1CCC[C@@](O)(CCC(=O)N(C)C)C1. The van der Waals surface area contributed by atoms with Crippen LogP contribution in [0, 0.1) is 0 Å². The zero-order valence-corrected chi connectivity index (χ0v) is 12.1. The third-order valence-electron chi connectivity index (χ3n) is 3.58. The molecule has 1 fully saturated rings. The predicted octanol–water partition coefficient (Wildman–Crippen LogP) is -0.572. The summed E-state index contributed by atoms with van der Waals surface area (Å²) >= 11 is 0. The van der Waals surface area contributed by atoms with Crippen molar-refractivity contribution < 1.29 is 14.7 Å². The molecule has 110 valence electrons. The van der Waals surface area contributed by atoms with Gasteiger partial charge in [0, 0.05) is 34.1 Å². The molecule has 6 nitrogen and oxygen atoms in total. The van der Waals surface area contributed by atoms with Crippen LogP contribution in [0.5, 0.6) is 0 Å². The maximum atomic E-state index is 11.6. The Morgan fingerprint density at radius 2 is 2.11 bits per heavy atom. The first-order chi connectivity index (χ1) is 8.86. The Morgan fingerprint density at radius 3 is 2.68 bits per heavy atom. The van der Waals surface area contributed by atoms with E-state index in [1.165, 1.54) is 4.90 Å². The van der Waals surface area contributed by atoms with E-state index in [2.05, 4.69) is 5.32 Å². The number of likely N-dealkylation sites (N-methyl/N-ethyl adjacent to an activating group) is 1. The molecule has 0 bridgehead atoms. The van der Waals surface area contributed by atoms with E-state index in [1.807, 2.05) is 4.90 Å². The van der Waals surface area contributed by atoms with Crippen LogP contribution in [0.15, 0.2) is 0 Å². The molecule has 0 aromatic heterocycles.